The maximum atomic E-state index is 14.0. The summed E-state index contributed by atoms with van der Waals surface area (Å²) in [5.74, 6) is -1.66. The van der Waals surface area contributed by atoms with Crippen LogP contribution >= 0.6 is 15.9 Å². The first-order valence-electron chi connectivity index (χ1n) is 12.0. The average Bonchev–Trinajstić information content (AvgIpc) is 3.40. The van der Waals surface area contributed by atoms with Crippen molar-refractivity contribution in [3.05, 3.63) is 75.9 Å². The number of nitrogens with zero attached hydrogens (tertiary/aromatic N) is 3. The van der Waals surface area contributed by atoms with Crippen LogP contribution in [0.4, 0.5) is 19.4 Å². The predicted octanol–water partition coefficient (Wildman–Crippen LogP) is 4.07. The fourth-order valence-corrected chi connectivity index (χ4v) is 5.05. The fraction of sp³-hybridized carbons (Fsp3) is 0.385. The zero-order chi connectivity index (χ0) is 26.5. The molecule has 2 heterocycles. The summed E-state index contributed by atoms with van der Waals surface area (Å²) in [5.41, 5.74) is 1.95. The Hall–Kier alpha value is -2.86. The number of rotatable bonds is 9. The van der Waals surface area contributed by atoms with Crippen LogP contribution in [0.3, 0.4) is 0 Å². The van der Waals surface area contributed by atoms with Crippen molar-refractivity contribution in [3.8, 4) is 5.69 Å². The molecule has 4 rings (SSSR count). The van der Waals surface area contributed by atoms with Gasteiger partial charge < -0.3 is 15.2 Å². The average molecular weight is 578 g/mol. The van der Waals surface area contributed by atoms with Crippen molar-refractivity contribution in [1.82, 2.24) is 20.0 Å². The van der Waals surface area contributed by atoms with Crippen LogP contribution in [0.25, 0.3) is 5.69 Å². The van der Waals surface area contributed by atoms with E-state index in [-0.39, 0.29) is 12.0 Å². The molecule has 1 aliphatic rings. The summed E-state index contributed by atoms with van der Waals surface area (Å²) in [6.45, 7) is 3.90. The number of anilines is 1. The lowest BCUT2D eigenvalue weighted by Crippen LogP contribution is -2.42. The Labute approximate surface area is 222 Å². The lowest BCUT2D eigenvalue weighted by molar-refractivity contribution is 0.159. The van der Waals surface area contributed by atoms with Gasteiger partial charge in [0.25, 0.3) is 0 Å². The first kappa shape index (κ1) is 27.2. The molecule has 198 valence electrons. The Balaban J connectivity index is 1.57. The molecule has 3 atom stereocenters. The zero-order valence-corrected chi connectivity index (χ0v) is 22.2. The van der Waals surface area contributed by atoms with Crippen molar-refractivity contribution in [2.45, 2.75) is 31.4 Å². The summed E-state index contributed by atoms with van der Waals surface area (Å²) in [6.07, 6.45) is -0.322. The van der Waals surface area contributed by atoms with Crippen molar-refractivity contribution in [3.63, 3.8) is 0 Å². The van der Waals surface area contributed by atoms with Crippen LogP contribution < -0.4 is 10.6 Å². The molecule has 1 aliphatic heterocycles. The molecular formula is C26H30BrF2N5O3. The van der Waals surface area contributed by atoms with Gasteiger partial charge in [-0.05, 0) is 52.7 Å². The number of ether oxygens (including phenoxy) is 1. The number of aliphatic hydroxyl groups is 1. The number of carbonyl (C=O) groups is 1. The van der Waals surface area contributed by atoms with Crippen LogP contribution in [0.1, 0.15) is 24.1 Å². The van der Waals surface area contributed by atoms with E-state index in [1.807, 2.05) is 30.3 Å². The van der Waals surface area contributed by atoms with Crippen LogP contribution in [0.2, 0.25) is 0 Å². The number of halogens is 3. The van der Waals surface area contributed by atoms with Crippen LogP contribution in [-0.4, -0.2) is 71.3 Å². The van der Waals surface area contributed by atoms with E-state index >= 15 is 0 Å². The van der Waals surface area contributed by atoms with Crippen molar-refractivity contribution in [2.24, 2.45) is 0 Å². The van der Waals surface area contributed by atoms with E-state index in [0.29, 0.717) is 54.2 Å². The topological polar surface area (TPSA) is 91.7 Å². The molecule has 0 bridgehead atoms. The van der Waals surface area contributed by atoms with Crippen LogP contribution in [0, 0.1) is 11.6 Å². The molecule has 2 aromatic carbocycles. The first-order valence-corrected chi connectivity index (χ1v) is 12.8. The number of urea groups is 1. The highest BCUT2D eigenvalue weighted by atomic mass is 79.9. The molecule has 1 saturated heterocycles. The molecule has 8 nitrogen and oxygen atoms in total. The number of likely N-dealkylation sites (tertiary alicyclic amines) is 1. The highest BCUT2D eigenvalue weighted by Crippen LogP contribution is 2.31. The molecule has 0 saturated carbocycles. The van der Waals surface area contributed by atoms with E-state index in [9.17, 15) is 18.7 Å². The number of para-hydroxylation sites is 1. The smallest absolute Gasteiger partial charge is 0.320 e. The summed E-state index contributed by atoms with van der Waals surface area (Å²) in [7, 11) is 1.62. The third-order valence-electron chi connectivity index (χ3n) is 6.31. The van der Waals surface area contributed by atoms with Gasteiger partial charge in [-0.3, -0.25) is 10.2 Å². The molecule has 0 aliphatic carbocycles. The molecule has 1 unspecified atom stereocenters. The largest absolute Gasteiger partial charge is 0.393 e. The lowest BCUT2D eigenvalue weighted by atomic mass is 9.94. The van der Waals surface area contributed by atoms with Gasteiger partial charge in [-0.15, -0.1) is 0 Å². The van der Waals surface area contributed by atoms with Gasteiger partial charge in [0.15, 0.2) is 17.5 Å². The Morgan fingerprint density at radius 2 is 1.97 bits per heavy atom. The van der Waals surface area contributed by atoms with Gasteiger partial charge in [-0.2, -0.15) is 5.10 Å². The normalized spacial score (nSPS) is 18.6. The van der Waals surface area contributed by atoms with E-state index in [4.69, 9.17) is 4.74 Å². The monoisotopic (exact) mass is 577 g/mol. The predicted molar refractivity (Wildman–Crippen MR) is 140 cm³/mol. The van der Waals surface area contributed by atoms with Gasteiger partial charge in [-0.25, -0.2) is 18.3 Å². The van der Waals surface area contributed by atoms with E-state index in [0.717, 1.165) is 11.8 Å². The second kappa shape index (κ2) is 12.1. The maximum absolute atomic E-state index is 14.0. The second-order valence-corrected chi connectivity index (χ2v) is 9.94. The summed E-state index contributed by atoms with van der Waals surface area (Å²) < 4.78 is 34.9. The minimum Gasteiger partial charge on any atom is -0.393 e. The summed E-state index contributed by atoms with van der Waals surface area (Å²) >= 11 is 3.53. The van der Waals surface area contributed by atoms with Gasteiger partial charge in [0.05, 0.1) is 34.6 Å². The first-order chi connectivity index (χ1) is 17.8. The number of hydrogen-bond acceptors (Lipinski definition) is 5. The number of nitrogens with one attached hydrogen (secondary N) is 2. The van der Waals surface area contributed by atoms with Gasteiger partial charge in [0.1, 0.15) is 0 Å². The number of aliphatic hydroxyl groups excluding tert-OH is 1. The standard InChI is InChI=1S/C26H30BrF2N5O3/c1-16(35)12-22-24(27)25(34(32-22)18-6-4-3-5-7-18)31-26(36)30-23-15-33(10-11-37-2)14-19(23)17-8-9-20(28)21(29)13-17/h3-9,13,16,19,23,35H,10-12,14-15H2,1-2H3,(H2,30,31,36)/t16?,19-,23+/m0/s1. The third-order valence-corrected chi connectivity index (χ3v) is 7.14. The van der Waals surface area contributed by atoms with E-state index in [2.05, 4.69) is 36.6 Å². The molecule has 0 radical (unpaired) electrons. The SMILES string of the molecule is COCCN1C[C@@H](NC(=O)Nc2c(Br)c(CC(C)O)nn2-c2ccccc2)[C@H](c2ccc(F)c(F)c2)C1. The van der Waals surface area contributed by atoms with Crippen molar-refractivity contribution >= 4 is 27.8 Å². The summed E-state index contributed by atoms with van der Waals surface area (Å²) in [4.78, 5) is 15.4. The molecule has 1 aromatic heterocycles. The molecule has 0 spiro atoms. The molecule has 11 heteroatoms. The van der Waals surface area contributed by atoms with Gasteiger partial charge >= 0.3 is 6.03 Å². The molecular weight excluding hydrogens is 548 g/mol. The molecule has 3 N–H and O–H groups in total. The highest BCUT2D eigenvalue weighted by Gasteiger charge is 2.35. The lowest BCUT2D eigenvalue weighted by Gasteiger charge is -2.21. The third kappa shape index (κ3) is 6.53. The summed E-state index contributed by atoms with van der Waals surface area (Å²) in [5, 5.41) is 20.4. The van der Waals surface area contributed by atoms with Crippen LogP contribution in [-0.2, 0) is 11.2 Å². The van der Waals surface area contributed by atoms with Gasteiger partial charge in [0, 0.05) is 39.1 Å². The number of aromatic nitrogens is 2. The minimum atomic E-state index is -0.919. The number of amides is 2. The second-order valence-electron chi connectivity index (χ2n) is 9.15. The Bertz CT molecular complexity index is 1220. The van der Waals surface area contributed by atoms with E-state index in [1.165, 1.54) is 6.07 Å². The Morgan fingerprint density at radius 1 is 1.22 bits per heavy atom. The van der Waals surface area contributed by atoms with Crippen LogP contribution in [0.15, 0.2) is 53.0 Å². The summed E-state index contributed by atoms with van der Waals surface area (Å²) in [6, 6.07) is 12.4. The van der Waals surface area contributed by atoms with E-state index < -0.39 is 23.8 Å². The maximum Gasteiger partial charge on any atom is 0.320 e. The van der Waals surface area contributed by atoms with Crippen molar-refractivity contribution in [2.75, 3.05) is 38.7 Å². The number of methoxy groups -OCH3 is 1. The number of carbonyl (C=O) groups excluding carboxylic acids is 1. The van der Waals surface area contributed by atoms with Crippen molar-refractivity contribution < 1.29 is 23.4 Å². The quantitative estimate of drug-likeness (QED) is 0.356. The minimum absolute atomic E-state index is 0.244. The van der Waals surface area contributed by atoms with Crippen LogP contribution in [0.5, 0.6) is 0 Å². The molecule has 1 fully saturated rings. The zero-order valence-electron chi connectivity index (χ0n) is 20.6. The van der Waals surface area contributed by atoms with E-state index in [1.54, 1.807) is 24.8 Å². The Kier molecular flexibility index (Phi) is 8.91. The van der Waals surface area contributed by atoms with Gasteiger partial charge in [0.2, 0.25) is 0 Å². The highest BCUT2D eigenvalue weighted by molar-refractivity contribution is 9.10. The van der Waals surface area contributed by atoms with Crippen molar-refractivity contribution in [1.29, 1.82) is 0 Å². The molecule has 2 amide bonds. The molecule has 3 aromatic rings. The molecule has 37 heavy (non-hydrogen) atoms. The number of hydrogen-bond donors (Lipinski definition) is 3. The fourth-order valence-electron chi connectivity index (χ4n) is 4.55. The Morgan fingerprint density at radius 3 is 2.65 bits per heavy atom. The number of benzene rings is 2. The van der Waals surface area contributed by atoms with Gasteiger partial charge in [-0.1, -0.05) is 24.3 Å².